The SMILES string of the molecule is C[N+]1(Cc2ccccc2)C[C@H](Oc2ccccc2)[C@@H](O)C1. The monoisotopic (exact) mass is 284 g/mol. The van der Waals surface area contributed by atoms with Gasteiger partial charge in [0.2, 0.25) is 0 Å². The lowest BCUT2D eigenvalue weighted by atomic mass is 10.2. The van der Waals surface area contributed by atoms with Crippen molar-refractivity contribution >= 4 is 0 Å². The molecule has 1 aliphatic rings. The minimum Gasteiger partial charge on any atom is -0.482 e. The van der Waals surface area contributed by atoms with Gasteiger partial charge in [0.05, 0.1) is 7.05 Å². The number of aliphatic hydroxyl groups excluding tert-OH is 1. The highest BCUT2D eigenvalue weighted by Gasteiger charge is 2.43. The highest BCUT2D eigenvalue weighted by atomic mass is 16.5. The summed E-state index contributed by atoms with van der Waals surface area (Å²) in [6.45, 7) is 2.48. The average molecular weight is 284 g/mol. The first-order chi connectivity index (χ1) is 10.1. The number of hydrogen-bond donors (Lipinski definition) is 1. The van der Waals surface area contributed by atoms with Gasteiger partial charge in [-0.15, -0.1) is 0 Å². The molecule has 1 unspecified atom stereocenters. The molecule has 0 saturated carbocycles. The van der Waals surface area contributed by atoms with E-state index in [0.29, 0.717) is 0 Å². The van der Waals surface area contributed by atoms with Gasteiger partial charge in [-0.1, -0.05) is 48.5 Å². The molecule has 1 fully saturated rings. The van der Waals surface area contributed by atoms with Gasteiger partial charge >= 0.3 is 0 Å². The number of ether oxygens (including phenoxy) is 1. The third kappa shape index (κ3) is 3.43. The van der Waals surface area contributed by atoms with Crippen LogP contribution >= 0.6 is 0 Å². The van der Waals surface area contributed by atoms with Crippen molar-refractivity contribution in [2.75, 3.05) is 20.1 Å². The number of benzene rings is 2. The van der Waals surface area contributed by atoms with Crippen molar-refractivity contribution in [1.82, 2.24) is 0 Å². The largest absolute Gasteiger partial charge is 0.482 e. The number of nitrogens with zero attached hydrogens (tertiary/aromatic N) is 1. The van der Waals surface area contributed by atoms with E-state index in [0.717, 1.165) is 29.9 Å². The van der Waals surface area contributed by atoms with Crippen LogP contribution in [0.1, 0.15) is 5.56 Å². The molecule has 0 aliphatic carbocycles. The van der Waals surface area contributed by atoms with E-state index in [2.05, 4.69) is 31.3 Å². The first-order valence-electron chi connectivity index (χ1n) is 7.42. The Morgan fingerprint density at radius 2 is 1.62 bits per heavy atom. The van der Waals surface area contributed by atoms with E-state index in [1.165, 1.54) is 5.56 Å². The molecule has 0 bridgehead atoms. The second-order valence-electron chi connectivity index (χ2n) is 6.17. The molecule has 1 saturated heterocycles. The molecule has 3 atom stereocenters. The van der Waals surface area contributed by atoms with E-state index in [-0.39, 0.29) is 6.10 Å². The Balaban J connectivity index is 1.67. The van der Waals surface area contributed by atoms with Gasteiger partial charge in [0.25, 0.3) is 0 Å². The maximum Gasteiger partial charge on any atom is 0.178 e. The number of rotatable bonds is 4. The van der Waals surface area contributed by atoms with Crippen molar-refractivity contribution in [1.29, 1.82) is 0 Å². The Morgan fingerprint density at radius 1 is 1.00 bits per heavy atom. The fourth-order valence-corrected chi connectivity index (χ4v) is 3.14. The second kappa shape index (κ2) is 5.88. The number of quaternary nitrogens is 1. The van der Waals surface area contributed by atoms with E-state index in [1.54, 1.807) is 0 Å². The fraction of sp³-hybridized carbons (Fsp3) is 0.333. The lowest BCUT2D eigenvalue weighted by Gasteiger charge is -2.29. The lowest BCUT2D eigenvalue weighted by Crippen LogP contribution is -2.42. The average Bonchev–Trinajstić information content (AvgIpc) is 2.75. The van der Waals surface area contributed by atoms with Gasteiger partial charge in [-0.3, -0.25) is 0 Å². The molecule has 2 aromatic carbocycles. The highest BCUT2D eigenvalue weighted by molar-refractivity contribution is 5.21. The quantitative estimate of drug-likeness (QED) is 0.874. The summed E-state index contributed by atoms with van der Waals surface area (Å²) in [5.74, 6) is 0.828. The molecule has 0 radical (unpaired) electrons. The van der Waals surface area contributed by atoms with Crippen LogP contribution in [-0.4, -0.2) is 41.9 Å². The fourth-order valence-electron chi connectivity index (χ4n) is 3.14. The van der Waals surface area contributed by atoms with Gasteiger partial charge in [-0.05, 0) is 12.1 Å². The van der Waals surface area contributed by atoms with Crippen molar-refractivity contribution in [2.24, 2.45) is 0 Å². The second-order valence-corrected chi connectivity index (χ2v) is 6.17. The molecule has 0 amide bonds. The maximum absolute atomic E-state index is 10.3. The van der Waals surface area contributed by atoms with Crippen LogP contribution in [0, 0.1) is 0 Å². The number of para-hydroxylation sites is 1. The van der Waals surface area contributed by atoms with E-state index in [9.17, 15) is 5.11 Å². The zero-order valence-electron chi connectivity index (χ0n) is 12.4. The zero-order valence-corrected chi connectivity index (χ0v) is 12.4. The molecular formula is C18H22NO2+. The van der Waals surface area contributed by atoms with E-state index < -0.39 is 6.10 Å². The first kappa shape index (κ1) is 14.1. The van der Waals surface area contributed by atoms with E-state index >= 15 is 0 Å². The predicted molar refractivity (Wildman–Crippen MR) is 82.9 cm³/mol. The van der Waals surface area contributed by atoms with E-state index in [4.69, 9.17) is 4.74 Å². The van der Waals surface area contributed by atoms with Crippen molar-refractivity contribution < 1.29 is 14.3 Å². The molecule has 3 heteroatoms. The molecular weight excluding hydrogens is 262 g/mol. The predicted octanol–water partition coefficient (Wildman–Crippen LogP) is 2.46. The topological polar surface area (TPSA) is 29.5 Å². The highest BCUT2D eigenvalue weighted by Crippen LogP contribution is 2.25. The van der Waals surface area contributed by atoms with Crippen LogP contribution in [0.3, 0.4) is 0 Å². The Kier molecular flexibility index (Phi) is 3.95. The molecule has 110 valence electrons. The molecule has 21 heavy (non-hydrogen) atoms. The summed E-state index contributed by atoms with van der Waals surface area (Å²) in [6.07, 6.45) is -0.556. The lowest BCUT2D eigenvalue weighted by molar-refractivity contribution is -0.913. The van der Waals surface area contributed by atoms with Gasteiger partial charge in [-0.25, -0.2) is 0 Å². The van der Waals surface area contributed by atoms with Gasteiger partial charge < -0.3 is 14.3 Å². The summed E-state index contributed by atoms with van der Waals surface area (Å²) in [7, 11) is 2.19. The molecule has 1 heterocycles. The molecule has 1 aliphatic heterocycles. The molecule has 3 nitrogen and oxygen atoms in total. The Labute approximate surface area is 126 Å². The number of likely N-dealkylation sites (tertiary alicyclic amines) is 1. The third-order valence-electron chi connectivity index (χ3n) is 4.12. The van der Waals surface area contributed by atoms with Crippen LogP contribution in [0.2, 0.25) is 0 Å². The summed E-state index contributed by atoms with van der Waals surface area (Å²) in [6, 6.07) is 20.2. The minimum atomic E-state index is -0.418. The van der Waals surface area contributed by atoms with Crippen molar-refractivity contribution in [3.8, 4) is 5.75 Å². The number of aliphatic hydroxyl groups is 1. The van der Waals surface area contributed by atoms with Crippen LogP contribution in [0.4, 0.5) is 0 Å². The Morgan fingerprint density at radius 3 is 2.29 bits per heavy atom. The van der Waals surface area contributed by atoms with Gasteiger partial charge in [0, 0.05) is 5.56 Å². The van der Waals surface area contributed by atoms with Gasteiger partial charge in [-0.2, -0.15) is 0 Å². The molecule has 2 aromatic rings. The normalized spacial score (nSPS) is 28.5. The third-order valence-corrected chi connectivity index (χ3v) is 4.12. The molecule has 0 spiro atoms. The summed E-state index contributed by atoms with van der Waals surface area (Å²) in [4.78, 5) is 0. The summed E-state index contributed by atoms with van der Waals surface area (Å²) in [5.41, 5.74) is 1.30. The smallest absolute Gasteiger partial charge is 0.178 e. The summed E-state index contributed by atoms with van der Waals surface area (Å²) >= 11 is 0. The van der Waals surface area contributed by atoms with Crippen LogP contribution in [-0.2, 0) is 6.54 Å². The molecule has 0 aromatic heterocycles. The van der Waals surface area contributed by atoms with Crippen LogP contribution in [0.5, 0.6) is 5.75 Å². The zero-order chi connectivity index (χ0) is 14.7. The Bertz CT molecular complexity index is 572. The molecule has 1 N–H and O–H groups in total. The summed E-state index contributed by atoms with van der Waals surface area (Å²) in [5, 5.41) is 10.3. The standard InChI is InChI=1S/C18H22NO2/c1-19(12-15-8-4-2-5-9-15)13-17(20)18(14-19)21-16-10-6-3-7-11-16/h2-11,17-18,20H,12-14H2,1H3/q+1/t17-,18-,19?/m0/s1. The van der Waals surface area contributed by atoms with Gasteiger partial charge in [0.1, 0.15) is 31.5 Å². The number of hydrogen-bond acceptors (Lipinski definition) is 2. The molecule has 3 rings (SSSR count). The van der Waals surface area contributed by atoms with Crippen molar-refractivity contribution in [3.05, 3.63) is 66.2 Å². The Hall–Kier alpha value is -1.84. The summed E-state index contributed by atoms with van der Waals surface area (Å²) < 4.78 is 6.76. The van der Waals surface area contributed by atoms with Crippen LogP contribution in [0.15, 0.2) is 60.7 Å². The number of likely N-dealkylation sites (N-methyl/N-ethyl adjacent to an activating group) is 1. The first-order valence-corrected chi connectivity index (χ1v) is 7.42. The van der Waals surface area contributed by atoms with Crippen molar-refractivity contribution in [2.45, 2.75) is 18.8 Å². The van der Waals surface area contributed by atoms with E-state index in [1.807, 2.05) is 36.4 Å². The van der Waals surface area contributed by atoms with Crippen LogP contribution < -0.4 is 4.74 Å². The maximum atomic E-state index is 10.3. The van der Waals surface area contributed by atoms with Crippen molar-refractivity contribution in [3.63, 3.8) is 0 Å². The minimum absolute atomic E-state index is 0.138. The van der Waals surface area contributed by atoms with Crippen LogP contribution in [0.25, 0.3) is 0 Å². The van der Waals surface area contributed by atoms with Gasteiger partial charge in [0.15, 0.2) is 6.10 Å².